The van der Waals surface area contributed by atoms with Crippen molar-refractivity contribution in [1.82, 2.24) is 15.2 Å². The van der Waals surface area contributed by atoms with E-state index in [0.717, 1.165) is 53.8 Å². The molecule has 1 aliphatic heterocycles. The van der Waals surface area contributed by atoms with E-state index in [0.29, 0.717) is 17.8 Å². The highest BCUT2D eigenvalue weighted by molar-refractivity contribution is 7.92. The summed E-state index contributed by atoms with van der Waals surface area (Å²) < 4.78 is 34.3. The number of anilines is 2. The summed E-state index contributed by atoms with van der Waals surface area (Å²) in [5.74, 6) is 0.548. The molecule has 0 unspecified atom stereocenters. The topological polar surface area (TPSA) is 104 Å². The van der Waals surface area contributed by atoms with E-state index < -0.39 is 10.0 Å². The summed E-state index contributed by atoms with van der Waals surface area (Å²) >= 11 is 1.67. The first-order valence-electron chi connectivity index (χ1n) is 12.3. The van der Waals surface area contributed by atoms with Gasteiger partial charge in [-0.3, -0.25) is 14.4 Å². The lowest BCUT2D eigenvalue weighted by molar-refractivity contribution is 0.0948. The molecule has 2 heterocycles. The smallest absolute Gasteiger partial charge is 0.261 e. The number of fused-ring (bicyclic) bond motifs is 1. The number of nitrogens with one attached hydrogen (secondary N) is 2. The first-order valence-corrected chi connectivity index (χ1v) is 14.6. The van der Waals surface area contributed by atoms with Crippen LogP contribution in [0.3, 0.4) is 0 Å². The molecule has 0 atom stereocenters. The van der Waals surface area contributed by atoms with Crippen molar-refractivity contribution in [3.8, 4) is 5.75 Å². The van der Waals surface area contributed by atoms with Crippen molar-refractivity contribution in [1.29, 1.82) is 0 Å². The average Bonchev–Trinajstić information content (AvgIpc) is 3.38. The third-order valence-corrected chi connectivity index (χ3v) is 8.86. The molecule has 1 aromatic heterocycles. The van der Waals surface area contributed by atoms with Crippen molar-refractivity contribution in [3.05, 3.63) is 78.4 Å². The third-order valence-electron chi connectivity index (χ3n) is 6.38. The van der Waals surface area contributed by atoms with Crippen molar-refractivity contribution in [2.75, 3.05) is 56.0 Å². The fraction of sp³-hybridized carbons (Fsp3) is 0.259. The number of aromatic nitrogens is 1. The van der Waals surface area contributed by atoms with Crippen LogP contribution in [0, 0.1) is 0 Å². The van der Waals surface area contributed by atoms with Crippen molar-refractivity contribution in [2.24, 2.45) is 0 Å². The number of halogens is 1. The first-order chi connectivity index (χ1) is 18.4. The van der Waals surface area contributed by atoms with Crippen molar-refractivity contribution < 1.29 is 17.9 Å². The Balaban J connectivity index is 0.00000353. The largest absolute Gasteiger partial charge is 0.494 e. The van der Waals surface area contributed by atoms with E-state index in [9.17, 15) is 13.2 Å². The highest BCUT2D eigenvalue weighted by Gasteiger charge is 2.21. The number of piperazine rings is 1. The van der Waals surface area contributed by atoms with Gasteiger partial charge in [-0.1, -0.05) is 41.7 Å². The monoisotopic (exact) mass is 587 g/mol. The summed E-state index contributed by atoms with van der Waals surface area (Å²) in [6, 6.07) is 20.6. The maximum Gasteiger partial charge on any atom is 0.261 e. The Morgan fingerprint density at radius 1 is 1.00 bits per heavy atom. The van der Waals surface area contributed by atoms with Crippen LogP contribution in [0.1, 0.15) is 10.4 Å². The second kappa shape index (κ2) is 12.6. The van der Waals surface area contributed by atoms with Crippen LogP contribution >= 0.6 is 23.7 Å². The molecule has 0 bridgehead atoms. The second-order valence-corrected chi connectivity index (χ2v) is 11.6. The van der Waals surface area contributed by atoms with Gasteiger partial charge in [0, 0.05) is 50.5 Å². The molecular weight excluding hydrogens is 558 g/mol. The average molecular weight is 588 g/mol. The first kappa shape index (κ1) is 28.6. The maximum absolute atomic E-state index is 12.7. The molecular formula is C27H30ClN5O4S2. The molecule has 4 aromatic rings. The van der Waals surface area contributed by atoms with Gasteiger partial charge in [0.15, 0.2) is 5.13 Å². The highest BCUT2D eigenvalue weighted by atomic mass is 35.5. The molecule has 39 heavy (non-hydrogen) atoms. The zero-order valence-corrected chi connectivity index (χ0v) is 23.8. The minimum atomic E-state index is -3.73. The number of benzene rings is 3. The van der Waals surface area contributed by atoms with Gasteiger partial charge in [0.1, 0.15) is 11.3 Å². The number of hydrogen-bond acceptors (Lipinski definition) is 8. The van der Waals surface area contributed by atoms with Gasteiger partial charge in [0.2, 0.25) is 0 Å². The van der Waals surface area contributed by atoms with Crippen LogP contribution in [0.25, 0.3) is 10.2 Å². The van der Waals surface area contributed by atoms with E-state index in [1.54, 1.807) is 60.9 Å². The molecule has 1 fully saturated rings. The molecule has 0 spiro atoms. The number of thiazole rings is 1. The van der Waals surface area contributed by atoms with Crippen LogP contribution in [0.4, 0.5) is 10.8 Å². The Bertz CT molecular complexity index is 1520. The number of sulfonamides is 1. The number of amides is 1. The normalized spacial score (nSPS) is 14.0. The van der Waals surface area contributed by atoms with E-state index in [-0.39, 0.29) is 23.2 Å². The Labute approximate surface area is 238 Å². The van der Waals surface area contributed by atoms with Gasteiger partial charge in [-0.25, -0.2) is 13.4 Å². The number of rotatable bonds is 9. The predicted molar refractivity (Wildman–Crippen MR) is 158 cm³/mol. The maximum atomic E-state index is 12.7. The second-order valence-electron chi connectivity index (χ2n) is 8.89. The Morgan fingerprint density at radius 2 is 1.74 bits per heavy atom. The molecule has 0 saturated carbocycles. The summed E-state index contributed by atoms with van der Waals surface area (Å²) in [5.41, 5.74) is 1.64. The van der Waals surface area contributed by atoms with Gasteiger partial charge in [0.25, 0.3) is 15.9 Å². The number of ether oxygens (including phenoxy) is 1. The number of hydrogen-bond donors (Lipinski definition) is 2. The summed E-state index contributed by atoms with van der Waals surface area (Å²) in [6.07, 6.45) is 0. The number of carbonyl (C=O) groups is 1. The Morgan fingerprint density at radius 3 is 2.49 bits per heavy atom. The van der Waals surface area contributed by atoms with Crippen LogP contribution in [-0.2, 0) is 10.0 Å². The SMILES string of the molecule is COc1cccc2sc(N3CCN(CCNC(=O)c4cccc(NS(=O)(=O)c5ccccc5)c4)CC3)nc12.Cl. The molecule has 5 rings (SSSR count). The molecule has 0 radical (unpaired) electrons. The fourth-order valence-corrected chi connectivity index (χ4v) is 6.45. The standard InChI is InChI=1S/C27H29N5O4S2.ClH/c1-36-23-11-6-12-24-25(23)29-27(37-24)32-17-15-31(16-18-32)14-13-28-26(33)20-7-5-8-21(19-20)30-38(34,35)22-9-3-2-4-10-22;/h2-12,19,30H,13-18H2,1H3,(H,28,33);1H. The molecule has 3 aromatic carbocycles. The molecule has 1 amide bonds. The van der Waals surface area contributed by atoms with Gasteiger partial charge in [-0.15, -0.1) is 12.4 Å². The fourth-order valence-electron chi connectivity index (χ4n) is 4.34. The van der Waals surface area contributed by atoms with Gasteiger partial charge in [0.05, 0.1) is 16.7 Å². The highest BCUT2D eigenvalue weighted by Crippen LogP contribution is 2.34. The number of para-hydroxylation sites is 1. The van der Waals surface area contributed by atoms with Crippen molar-refractivity contribution >= 4 is 60.7 Å². The Kier molecular flexibility index (Phi) is 9.28. The summed E-state index contributed by atoms with van der Waals surface area (Å²) in [5, 5.41) is 3.95. The molecule has 12 heteroatoms. The third kappa shape index (κ3) is 6.80. The quantitative estimate of drug-likeness (QED) is 0.304. The van der Waals surface area contributed by atoms with Crippen molar-refractivity contribution in [2.45, 2.75) is 4.90 Å². The molecule has 2 N–H and O–H groups in total. The predicted octanol–water partition coefficient (Wildman–Crippen LogP) is 4.08. The summed E-state index contributed by atoms with van der Waals surface area (Å²) in [6.45, 7) is 4.70. The molecule has 1 saturated heterocycles. The lowest BCUT2D eigenvalue weighted by atomic mass is 10.2. The van der Waals surface area contributed by atoms with Crippen LogP contribution in [0.5, 0.6) is 5.75 Å². The van der Waals surface area contributed by atoms with E-state index in [2.05, 4.69) is 25.9 Å². The number of methoxy groups -OCH3 is 1. The van der Waals surface area contributed by atoms with Crippen LogP contribution in [-0.4, -0.2) is 70.6 Å². The van der Waals surface area contributed by atoms with Gasteiger partial charge < -0.3 is 15.0 Å². The van der Waals surface area contributed by atoms with Crippen molar-refractivity contribution in [3.63, 3.8) is 0 Å². The lowest BCUT2D eigenvalue weighted by Crippen LogP contribution is -2.48. The van der Waals surface area contributed by atoms with E-state index in [4.69, 9.17) is 9.72 Å². The van der Waals surface area contributed by atoms with Gasteiger partial charge >= 0.3 is 0 Å². The number of nitrogens with zero attached hydrogens (tertiary/aromatic N) is 3. The zero-order chi connectivity index (χ0) is 26.5. The minimum Gasteiger partial charge on any atom is -0.494 e. The molecule has 1 aliphatic rings. The number of carbonyl (C=O) groups excluding carboxylic acids is 1. The zero-order valence-electron chi connectivity index (χ0n) is 21.4. The van der Waals surface area contributed by atoms with Crippen LogP contribution in [0.2, 0.25) is 0 Å². The summed E-state index contributed by atoms with van der Waals surface area (Å²) in [4.78, 5) is 22.3. The van der Waals surface area contributed by atoms with E-state index in [1.807, 2.05) is 12.1 Å². The van der Waals surface area contributed by atoms with Crippen LogP contribution in [0.15, 0.2) is 77.7 Å². The Hall–Kier alpha value is -3.38. The van der Waals surface area contributed by atoms with Gasteiger partial charge in [-0.2, -0.15) is 0 Å². The molecule has 206 valence electrons. The van der Waals surface area contributed by atoms with Crippen LogP contribution < -0.4 is 19.7 Å². The lowest BCUT2D eigenvalue weighted by Gasteiger charge is -2.34. The molecule has 9 nitrogen and oxygen atoms in total. The molecule has 0 aliphatic carbocycles. The minimum absolute atomic E-state index is 0. The van der Waals surface area contributed by atoms with E-state index in [1.165, 1.54) is 12.1 Å². The summed E-state index contributed by atoms with van der Waals surface area (Å²) in [7, 11) is -2.06. The van der Waals surface area contributed by atoms with Gasteiger partial charge in [-0.05, 0) is 42.5 Å². The van der Waals surface area contributed by atoms with E-state index >= 15 is 0 Å².